The highest BCUT2D eigenvalue weighted by Gasteiger charge is 2.18. The van der Waals surface area contributed by atoms with Crippen LogP contribution in [0.3, 0.4) is 0 Å². The Hall–Kier alpha value is -3.81. The molecular formula is C22H17F2N3O3. The third-order valence-electron chi connectivity index (χ3n) is 4.65. The number of nitrogens with one attached hydrogen (secondary N) is 1. The van der Waals surface area contributed by atoms with Crippen molar-refractivity contribution in [3.8, 4) is 11.8 Å². The summed E-state index contributed by atoms with van der Waals surface area (Å²) in [5.74, 6) is -1.43. The number of ether oxygens (including phenoxy) is 1. The van der Waals surface area contributed by atoms with Crippen LogP contribution >= 0.6 is 0 Å². The van der Waals surface area contributed by atoms with E-state index in [1.54, 1.807) is 31.3 Å². The van der Waals surface area contributed by atoms with Gasteiger partial charge in [-0.2, -0.15) is 4.98 Å². The van der Waals surface area contributed by atoms with Crippen LogP contribution in [0, 0.1) is 18.6 Å². The average Bonchev–Trinajstić information content (AvgIpc) is 3.20. The molecule has 4 rings (SSSR count). The molecule has 1 N–H and O–H groups in total. The predicted molar refractivity (Wildman–Crippen MR) is 105 cm³/mol. The number of oxazole rings is 1. The van der Waals surface area contributed by atoms with Crippen LogP contribution < -0.4 is 10.1 Å². The van der Waals surface area contributed by atoms with E-state index in [0.29, 0.717) is 11.3 Å². The van der Waals surface area contributed by atoms with Crippen LogP contribution in [0.1, 0.15) is 34.6 Å². The second-order valence-corrected chi connectivity index (χ2v) is 6.76. The van der Waals surface area contributed by atoms with Gasteiger partial charge in [0.15, 0.2) is 5.69 Å². The van der Waals surface area contributed by atoms with Crippen LogP contribution in [0.15, 0.2) is 59.3 Å². The summed E-state index contributed by atoms with van der Waals surface area (Å²) in [6.45, 7) is 2.96. The summed E-state index contributed by atoms with van der Waals surface area (Å²) in [4.78, 5) is 20.7. The molecule has 1 amide bonds. The number of rotatable bonds is 5. The number of nitrogens with zero attached hydrogens (tertiary/aromatic N) is 2. The molecule has 2 heterocycles. The van der Waals surface area contributed by atoms with Crippen molar-refractivity contribution in [3.05, 3.63) is 83.4 Å². The van der Waals surface area contributed by atoms with E-state index in [4.69, 9.17) is 9.15 Å². The number of hydrogen-bond acceptors (Lipinski definition) is 5. The molecule has 0 aliphatic carbocycles. The maximum atomic E-state index is 13.8. The fraction of sp³-hybridized carbons (Fsp3) is 0.136. The van der Waals surface area contributed by atoms with Crippen molar-refractivity contribution in [3.63, 3.8) is 0 Å². The number of carbonyl (C=O) groups excluding carboxylic acids is 1. The minimum absolute atomic E-state index is 0.0210. The molecule has 8 heteroatoms. The zero-order chi connectivity index (χ0) is 21.3. The van der Waals surface area contributed by atoms with Gasteiger partial charge in [-0.3, -0.25) is 9.78 Å². The first-order valence-corrected chi connectivity index (χ1v) is 9.15. The number of carbonyl (C=O) groups is 1. The smallest absolute Gasteiger partial charge is 0.399 e. The normalized spacial score (nSPS) is 12.0. The van der Waals surface area contributed by atoms with Gasteiger partial charge in [-0.1, -0.05) is 6.07 Å². The van der Waals surface area contributed by atoms with Crippen molar-refractivity contribution < 1.29 is 22.7 Å². The number of fused-ring (bicyclic) bond motifs is 1. The van der Waals surface area contributed by atoms with E-state index < -0.39 is 23.6 Å². The van der Waals surface area contributed by atoms with E-state index in [0.717, 1.165) is 17.2 Å². The van der Waals surface area contributed by atoms with Crippen LogP contribution in [-0.2, 0) is 0 Å². The van der Waals surface area contributed by atoms with Crippen LogP contribution in [0.2, 0.25) is 0 Å². The lowest BCUT2D eigenvalue weighted by atomic mass is 10.1. The summed E-state index contributed by atoms with van der Waals surface area (Å²) < 4.78 is 38.3. The number of pyridine rings is 1. The molecule has 2 aromatic heterocycles. The van der Waals surface area contributed by atoms with Gasteiger partial charge in [0, 0.05) is 17.1 Å². The van der Waals surface area contributed by atoms with Crippen LogP contribution in [-0.4, -0.2) is 15.9 Å². The summed E-state index contributed by atoms with van der Waals surface area (Å²) in [7, 11) is 0. The molecule has 4 aromatic rings. The molecule has 0 radical (unpaired) electrons. The van der Waals surface area contributed by atoms with Crippen molar-refractivity contribution in [1.29, 1.82) is 0 Å². The average molecular weight is 409 g/mol. The van der Waals surface area contributed by atoms with Crippen LogP contribution in [0.25, 0.3) is 10.9 Å². The van der Waals surface area contributed by atoms with Crippen molar-refractivity contribution >= 4 is 16.8 Å². The fourth-order valence-electron chi connectivity index (χ4n) is 2.90. The Morgan fingerprint density at radius 2 is 1.93 bits per heavy atom. The van der Waals surface area contributed by atoms with Crippen LogP contribution in [0.5, 0.6) is 11.8 Å². The monoisotopic (exact) mass is 409 g/mol. The minimum Gasteiger partial charge on any atom is -0.416 e. The molecule has 0 aliphatic heterocycles. The topological polar surface area (TPSA) is 77.2 Å². The molecule has 0 saturated carbocycles. The van der Waals surface area contributed by atoms with Gasteiger partial charge in [0.05, 0.1) is 11.6 Å². The second kappa shape index (κ2) is 7.90. The summed E-state index contributed by atoms with van der Waals surface area (Å²) >= 11 is 0. The van der Waals surface area contributed by atoms with Gasteiger partial charge in [-0.05, 0) is 55.8 Å². The van der Waals surface area contributed by atoms with Gasteiger partial charge in [0.2, 0.25) is 0 Å². The Kier molecular flexibility index (Phi) is 5.14. The van der Waals surface area contributed by atoms with Gasteiger partial charge in [-0.15, -0.1) is 0 Å². The first kappa shape index (κ1) is 19.5. The zero-order valence-electron chi connectivity index (χ0n) is 16.1. The standard InChI is InChI=1S/C22H17F2N3O3/c1-12-17(23)9-15(10-18(12)24)13(2)26-21(28)20-11-29-22(27-20)30-16-5-6-19-14(8-16)4-3-7-25-19/h3-11,13H,1-2H3,(H,26,28). The Labute approximate surface area is 170 Å². The Balaban J connectivity index is 1.45. The fourth-order valence-corrected chi connectivity index (χ4v) is 2.90. The molecule has 152 valence electrons. The molecule has 30 heavy (non-hydrogen) atoms. The number of aromatic nitrogens is 2. The highest BCUT2D eigenvalue weighted by atomic mass is 19.1. The van der Waals surface area contributed by atoms with Gasteiger partial charge in [0.25, 0.3) is 5.91 Å². The van der Waals surface area contributed by atoms with E-state index in [2.05, 4.69) is 15.3 Å². The molecule has 1 atom stereocenters. The third-order valence-corrected chi connectivity index (χ3v) is 4.65. The SMILES string of the molecule is Cc1c(F)cc(C(C)NC(=O)c2coc(Oc3ccc4ncccc4c3)n2)cc1F. The van der Waals surface area contributed by atoms with Crippen molar-refractivity contribution in [2.75, 3.05) is 0 Å². The number of amides is 1. The summed E-state index contributed by atoms with van der Waals surface area (Å²) in [6, 6.07) is 10.7. The number of hydrogen-bond donors (Lipinski definition) is 1. The van der Waals surface area contributed by atoms with E-state index in [1.165, 1.54) is 19.1 Å². The van der Waals surface area contributed by atoms with E-state index in [1.807, 2.05) is 12.1 Å². The van der Waals surface area contributed by atoms with E-state index in [9.17, 15) is 13.6 Å². The van der Waals surface area contributed by atoms with Gasteiger partial charge in [-0.25, -0.2) is 8.78 Å². The van der Waals surface area contributed by atoms with Gasteiger partial charge < -0.3 is 14.5 Å². The van der Waals surface area contributed by atoms with Gasteiger partial charge in [0.1, 0.15) is 23.6 Å². The summed E-state index contributed by atoms with van der Waals surface area (Å²) in [6.07, 6.45) is 2.74. The highest BCUT2D eigenvalue weighted by Crippen LogP contribution is 2.25. The molecule has 0 fully saturated rings. The minimum atomic E-state index is -0.672. The summed E-state index contributed by atoms with van der Waals surface area (Å²) in [5, 5.41) is 3.51. The van der Waals surface area contributed by atoms with Crippen molar-refractivity contribution in [2.45, 2.75) is 19.9 Å². The maximum absolute atomic E-state index is 13.8. The summed E-state index contributed by atoms with van der Waals surface area (Å²) in [5.41, 5.74) is 1.02. The van der Waals surface area contributed by atoms with Crippen molar-refractivity contribution in [2.24, 2.45) is 0 Å². The van der Waals surface area contributed by atoms with Gasteiger partial charge >= 0.3 is 6.08 Å². The Morgan fingerprint density at radius 3 is 2.70 bits per heavy atom. The Bertz CT molecular complexity index is 1220. The lowest BCUT2D eigenvalue weighted by Gasteiger charge is -2.14. The second-order valence-electron chi connectivity index (χ2n) is 6.76. The largest absolute Gasteiger partial charge is 0.416 e. The van der Waals surface area contributed by atoms with E-state index in [-0.39, 0.29) is 17.3 Å². The molecule has 6 nitrogen and oxygen atoms in total. The predicted octanol–water partition coefficient (Wildman–Crippen LogP) is 5.09. The number of halogens is 2. The third kappa shape index (κ3) is 3.98. The molecule has 0 bridgehead atoms. The first-order valence-electron chi connectivity index (χ1n) is 9.15. The first-order chi connectivity index (χ1) is 14.4. The lowest BCUT2D eigenvalue weighted by Crippen LogP contribution is -2.27. The highest BCUT2D eigenvalue weighted by molar-refractivity contribution is 5.92. The molecule has 1 unspecified atom stereocenters. The maximum Gasteiger partial charge on any atom is 0.399 e. The van der Waals surface area contributed by atoms with Crippen molar-refractivity contribution in [1.82, 2.24) is 15.3 Å². The Morgan fingerprint density at radius 1 is 1.17 bits per heavy atom. The quantitative estimate of drug-likeness (QED) is 0.497. The molecule has 2 aromatic carbocycles. The molecular weight excluding hydrogens is 392 g/mol. The van der Waals surface area contributed by atoms with Crippen LogP contribution in [0.4, 0.5) is 8.78 Å². The van der Waals surface area contributed by atoms with E-state index >= 15 is 0 Å². The molecule has 0 aliphatic rings. The molecule has 0 saturated heterocycles. The number of benzene rings is 2. The lowest BCUT2D eigenvalue weighted by molar-refractivity contribution is 0.0934. The zero-order valence-corrected chi connectivity index (χ0v) is 16.1. The molecule has 0 spiro atoms.